The van der Waals surface area contributed by atoms with Gasteiger partial charge < -0.3 is 15.3 Å². The molecule has 0 spiro atoms. The molecule has 2 saturated heterocycles. The third-order valence-corrected chi connectivity index (χ3v) is 5.00. The molecule has 2 aliphatic rings. The summed E-state index contributed by atoms with van der Waals surface area (Å²) < 4.78 is 13.0. The highest BCUT2D eigenvalue weighted by Crippen LogP contribution is 2.16. The highest BCUT2D eigenvalue weighted by molar-refractivity contribution is 5.76. The number of hydrogen-bond donors (Lipinski definition) is 2. The van der Waals surface area contributed by atoms with Crippen molar-refractivity contribution in [2.75, 3.05) is 39.3 Å². The molecular weight excluding hydrogens is 309 g/mol. The SMILES string of the molecule is O=C(C[C@@H]1CNC[C@H]1O)N1CCCN(Cc2ccc(F)cc2)CC1. The minimum Gasteiger partial charge on any atom is -0.391 e. The maximum Gasteiger partial charge on any atom is 0.223 e. The number of carbonyl (C=O) groups is 1. The van der Waals surface area contributed by atoms with E-state index in [1.165, 1.54) is 12.1 Å². The topological polar surface area (TPSA) is 55.8 Å². The predicted octanol–water partition coefficient (Wildman–Crippen LogP) is 0.830. The van der Waals surface area contributed by atoms with Crippen LogP contribution < -0.4 is 5.32 Å². The molecule has 1 aromatic carbocycles. The second-order valence-corrected chi connectivity index (χ2v) is 6.83. The van der Waals surface area contributed by atoms with Crippen LogP contribution in [0, 0.1) is 11.7 Å². The smallest absolute Gasteiger partial charge is 0.223 e. The highest BCUT2D eigenvalue weighted by Gasteiger charge is 2.29. The maximum absolute atomic E-state index is 13.0. The van der Waals surface area contributed by atoms with Crippen LogP contribution in [0.15, 0.2) is 24.3 Å². The predicted molar refractivity (Wildman–Crippen MR) is 89.9 cm³/mol. The molecule has 0 aromatic heterocycles. The largest absolute Gasteiger partial charge is 0.391 e. The van der Waals surface area contributed by atoms with Gasteiger partial charge in [0.15, 0.2) is 0 Å². The van der Waals surface area contributed by atoms with E-state index in [9.17, 15) is 14.3 Å². The van der Waals surface area contributed by atoms with Crippen molar-refractivity contribution in [2.24, 2.45) is 5.92 Å². The Morgan fingerprint density at radius 1 is 1.17 bits per heavy atom. The number of β-amino-alcohol motifs (C(OH)–C–C–N with tert-alkyl or cyclic N) is 1. The third-order valence-electron chi connectivity index (χ3n) is 5.00. The Balaban J connectivity index is 1.49. The van der Waals surface area contributed by atoms with Crippen LogP contribution >= 0.6 is 0 Å². The van der Waals surface area contributed by atoms with Gasteiger partial charge in [0.2, 0.25) is 5.91 Å². The molecule has 0 bridgehead atoms. The summed E-state index contributed by atoms with van der Waals surface area (Å²) in [7, 11) is 0. The summed E-state index contributed by atoms with van der Waals surface area (Å²) in [5, 5.41) is 13.0. The second-order valence-electron chi connectivity index (χ2n) is 6.83. The summed E-state index contributed by atoms with van der Waals surface area (Å²) in [6.45, 7) is 5.35. The molecular formula is C18H26FN3O2. The average molecular weight is 335 g/mol. The van der Waals surface area contributed by atoms with Crippen LogP contribution in [0.5, 0.6) is 0 Å². The minimum absolute atomic E-state index is 0.0380. The number of aliphatic hydroxyl groups is 1. The maximum atomic E-state index is 13.0. The summed E-state index contributed by atoms with van der Waals surface area (Å²) in [6, 6.07) is 6.61. The Morgan fingerprint density at radius 2 is 1.96 bits per heavy atom. The Labute approximate surface area is 142 Å². The lowest BCUT2D eigenvalue weighted by molar-refractivity contribution is -0.132. The lowest BCUT2D eigenvalue weighted by Crippen LogP contribution is -2.37. The summed E-state index contributed by atoms with van der Waals surface area (Å²) in [5.74, 6) is -0.0302. The lowest BCUT2D eigenvalue weighted by Gasteiger charge is -2.24. The van der Waals surface area contributed by atoms with E-state index in [2.05, 4.69) is 10.2 Å². The van der Waals surface area contributed by atoms with Crippen molar-refractivity contribution in [2.45, 2.75) is 25.5 Å². The van der Waals surface area contributed by atoms with Crippen molar-refractivity contribution < 1.29 is 14.3 Å². The lowest BCUT2D eigenvalue weighted by atomic mass is 10.0. The van der Waals surface area contributed by atoms with E-state index in [4.69, 9.17) is 0 Å². The fourth-order valence-electron chi connectivity index (χ4n) is 3.51. The van der Waals surface area contributed by atoms with Gasteiger partial charge in [-0.15, -0.1) is 0 Å². The number of nitrogens with one attached hydrogen (secondary N) is 1. The molecule has 1 aromatic rings. The molecule has 6 heteroatoms. The van der Waals surface area contributed by atoms with Crippen LogP contribution in [-0.2, 0) is 11.3 Å². The zero-order chi connectivity index (χ0) is 16.9. The van der Waals surface area contributed by atoms with Crippen molar-refractivity contribution in [3.63, 3.8) is 0 Å². The molecule has 24 heavy (non-hydrogen) atoms. The van der Waals surface area contributed by atoms with Crippen LogP contribution in [0.3, 0.4) is 0 Å². The first-order chi connectivity index (χ1) is 11.6. The fourth-order valence-corrected chi connectivity index (χ4v) is 3.51. The van der Waals surface area contributed by atoms with Crippen LogP contribution in [0.2, 0.25) is 0 Å². The number of aliphatic hydroxyl groups excluding tert-OH is 1. The van der Waals surface area contributed by atoms with E-state index in [0.29, 0.717) is 13.0 Å². The van der Waals surface area contributed by atoms with Gasteiger partial charge >= 0.3 is 0 Å². The van der Waals surface area contributed by atoms with Crippen molar-refractivity contribution in [3.05, 3.63) is 35.6 Å². The van der Waals surface area contributed by atoms with E-state index in [-0.39, 0.29) is 17.6 Å². The van der Waals surface area contributed by atoms with Gasteiger partial charge in [-0.25, -0.2) is 4.39 Å². The summed E-state index contributed by atoms with van der Waals surface area (Å²) in [5.41, 5.74) is 1.09. The van der Waals surface area contributed by atoms with Gasteiger partial charge in [-0.3, -0.25) is 9.69 Å². The number of carbonyl (C=O) groups excluding carboxylic acids is 1. The summed E-state index contributed by atoms with van der Waals surface area (Å²) in [4.78, 5) is 16.7. The van der Waals surface area contributed by atoms with Crippen LogP contribution in [0.1, 0.15) is 18.4 Å². The van der Waals surface area contributed by atoms with Gasteiger partial charge in [-0.1, -0.05) is 12.1 Å². The highest BCUT2D eigenvalue weighted by atomic mass is 19.1. The van der Waals surface area contributed by atoms with Crippen LogP contribution in [-0.4, -0.2) is 66.2 Å². The van der Waals surface area contributed by atoms with Gasteiger partial charge in [0, 0.05) is 58.2 Å². The minimum atomic E-state index is -0.407. The zero-order valence-corrected chi connectivity index (χ0v) is 14.0. The van der Waals surface area contributed by atoms with Crippen LogP contribution in [0.4, 0.5) is 4.39 Å². The molecule has 0 radical (unpaired) electrons. The molecule has 2 atom stereocenters. The van der Waals surface area contributed by atoms with Crippen molar-refractivity contribution in [1.29, 1.82) is 0 Å². The molecule has 2 aliphatic heterocycles. The number of rotatable bonds is 4. The Kier molecular flexibility index (Phi) is 5.81. The average Bonchev–Trinajstić information content (AvgIpc) is 2.83. The van der Waals surface area contributed by atoms with E-state index in [1.807, 2.05) is 17.0 Å². The Morgan fingerprint density at radius 3 is 2.67 bits per heavy atom. The first-order valence-corrected chi connectivity index (χ1v) is 8.75. The number of amides is 1. The van der Waals surface area contributed by atoms with Gasteiger partial charge in [-0.05, 0) is 24.1 Å². The molecule has 2 heterocycles. The molecule has 2 N–H and O–H groups in total. The quantitative estimate of drug-likeness (QED) is 0.856. The number of hydrogen-bond acceptors (Lipinski definition) is 4. The molecule has 132 valence electrons. The number of halogens is 1. The summed E-state index contributed by atoms with van der Waals surface area (Å²) >= 11 is 0. The van der Waals surface area contributed by atoms with Gasteiger partial charge in [0.25, 0.3) is 0 Å². The van der Waals surface area contributed by atoms with Gasteiger partial charge in [0.1, 0.15) is 5.82 Å². The Hall–Kier alpha value is -1.50. The monoisotopic (exact) mass is 335 g/mol. The summed E-state index contributed by atoms with van der Waals surface area (Å²) in [6.07, 6.45) is 0.959. The normalized spacial score (nSPS) is 25.7. The van der Waals surface area contributed by atoms with Crippen LogP contribution in [0.25, 0.3) is 0 Å². The van der Waals surface area contributed by atoms with Crippen molar-refractivity contribution in [3.8, 4) is 0 Å². The van der Waals surface area contributed by atoms with Crippen molar-refractivity contribution in [1.82, 2.24) is 15.1 Å². The molecule has 5 nitrogen and oxygen atoms in total. The van der Waals surface area contributed by atoms with Crippen molar-refractivity contribution >= 4 is 5.91 Å². The standard InChI is InChI=1S/C18H26FN3O2/c19-16-4-2-14(3-5-16)13-21-6-1-7-22(9-8-21)18(24)10-15-11-20-12-17(15)23/h2-5,15,17,20,23H,1,6-13H2/t15-,17-/m1/s1. The first kappa shape index (κ1) is 17.3. The molecule has 2 fully saturated rings. The van der Waals surface area contributed by atoms with Gasteiger partial charge in [-0.2, -0.15) is 0 Å². The third kappa shape index (κ3) is 4.53. The Bertz CT molecular complexity index is 552. The van der Waals surface area contributed by atoms with E-state index in [1.54, 1.807) is 0 Å². The molecule has 0 saturated carbocycles. The number of benzene rings is 1. The second kappa shape index (κ2) is 8.05. The van der Waals surface area contributed by atoms with E-state index < -0.39 is 6.10 Å². The molecule has 0 unspecified atom stereocenters. The molecule has 3 rings (SSSR count). The van der Waals surface area contributed by atoms with E-state index >= 15 is 0 Å². The molecule has 0 aliphatic carbocycles. The fraction of sp³-hybridized carbons (Fsp3) is 0.611. The van der Waals surface area contributed by atoms with Gasteiger partial charge in [0.05, 0.1) is 6.10 Å². The number of nitrogens with zero attached hydrogens (tertiary/aromatic N) is 2. The van der Waals surface area contributed by atoms with E-state index in [0.717, 1.165) is 51.3 Å². The zero-order valence-electron chi connectivity index (χ0n) is 14.0. The first-order valence-electron chi connectivity index (χ1n) is 8.75. The molecule has 1 amide bonds.